The third-order valence-electron chi connectivity index (χ3n) is 2.37. The summed E-state index contributed by atoms with van der Waals surface area (Å²) < 4.78 is 5.22. The monoisotopic (exact) mass is 222 g/mol. The number of hydrogen-bond donors (Lipinski definition) is 2. The molecular weight excluding hydrogens is 204 g/mol. The number of likely N-dealkylation sites (N-methyl/N-ethyl adjacent to an activating group) is 1. The predicted octanol–water partition coefficient (Wildman–Crippen LogP) is 1.55. The van der Waals surface area contributed by atoms with Gasteiger partial charge in [0.1, 0.15) is 11.8 Å². The Morgan fingerprint density at radius 3 is 2.69 bits per heavy atom. The average Bonchev–Trinajstić information content (AvgIpc) is 2.28. The van der Waals surface area contributed by atoms with Gasteiger partial charge >= 0.3 is 0 Å². The van der Waals surface area contributed by atoms with Gasteiger partial charge in [-0.2, -0.15) is 0 Å². The average molecular weight is 222 g/mol. The Hall–Kier alpha value is -1.71. The molecule has 4 nitrogen and oxygen atoms in total. The van der Waals surface area contributed by atoms with Crippen molar-refractivity contribution in [2.75, 3.05) is 19.5 Å². The van der Waals surface area contributed by atoms with E-state index in [-0.39, 0.29) is 11.9 Å². The van der Waals surface area contributed by atoms with Crippen LogP contribution in [0.25, 0.3) is 0 Å². The summed E-state index contributed by atoms with van der Waals surface area (Å²) in [5, 5.41) is 5.71. The smallest absolute Gasteiger partial charge is 0.241 e. The third kappa shape index (κ3) is 2.89. The molecule has 0 radical (unpaired) electrons. The molecule has 0 unspecified atom stereocenters. The van der Waals surface area contributed by atoms with Gasteiger partial charge in [-0.1, -0.05) is 6.07 Å². The van der Waals surface area contributed by atoms with Crippen molar-refractivity contribution in [2.24, 2.45) is 0 Å². The van der Waals surface area contributed by atoms with Crippen molar-refractivity contribution in [1.82, 2.24) is 5.32 Å². The van der Waals surface area contributed by atoms with Crippen LogP contribution in [0.3, 0.4) is 0 Å². The molecule has 0 fully saturated rings. The minimum atomic E-state index is -0.291. The maximum atomic E-state index is 11.4. The number of carbonyl (C=O) groups is 1. The summed E-state index contributed by atoms with van der Waals surface area (Å²) in [5.74, 6) is 0.685. The van der Waals surface area contributed by atoms with E-state index in [4.69, 9.17) is 4.74 Å². The van der Waals surface area contributed by atoms with Crippen LogP contribution in [0.5, 0.6) is 5.75 Å². The maximum absolute atomic E-state index is 11.4. The van der Waals surface area contributed by atoms with Gasteiger partial charge in [0, 0.05) is 7.05 Å². The molecule has 0 aliphatic heterocycles. The molecule has 1 aromatic rings. The van der Waals surface area contributed by atoms with E-state index in [0.29, 0.717) is 0 Å². The molecule has 0 aliphatic carbocycles. The first-order valence-electron chi connectivity index (χ1n) is 5.21. The highest BCUT2D eigenvalue weighted by molar-refractivity contribution is 5.84. The number of ether oxygens (including phenoxy) is 1. The number of rotatable bonds is 4. The molecule has 0 heterocycles. The lowest BCUT2D eigenvalue weighted by atomic mass is 10.2. The van der Waals surface area contributed by atoms with Crippen LogP contribution in [0.1, 0.15) is 12.5 Å². The van der Waals surface area contributed by atoms with E-state index in [1.165, 1.54) is 0 Å². The Kier molecular flexibility index (Phi) is 4.17. The molecule has 0 aromatic heterocycles. The van der Waals surface area contributed by atoms with Gasteiger partial charge in [0.25, 0.3) is 0 Å². The molecule has 2 N–H and O–H groups in total. The second-order valence-electron chi connectivity index (χ2n) is 3.68. The van der Waals surface area contributed by atoms with Crippen LogP contribution in [-0.4, -0.2) is 26.1 Å². The van der Waals surface area contributed by atoms with E-state index in [1.807, 2.05) is 25.1 Å². The molecule has 0 bridgehead atoms. The summed E-state index contributed by atoms with van der Waals surface area (Å²) >= 11 is 0. The summed E-state index contributed by atoms with van der Waals surface area (Å²) in [6, 6.07) is 5.52. The largest absolute Gasteiger partial charge is 0.495 e. The molecule has 1 atom stereocenters. The molecular formula is C12H18N2O2. The van der Waals surface area contributed by atoms with Crippen LogP contribution in [0.2, 0.25) is 0 Å². The van der Waals surface area contributed by atoms with Gasteiger partial charge in [0.05, 0.1) is 12.8 Å². The molecule has 1 amide bonds. The van der Waals surface area contributed by atoms with Gasteiger partial charge in [0.15, 0.2) is 0 Å². The normalized spacial score (nSPS) is 11.8. The van der Waals surface area contributed by atoms with E-state index in [0.717, 1.165) is 17.0 Å². The number of methoxy groups -OCH3 is 1. The molecule has 1 aromatic carbocycles. The summed E-state index contributed by atoms with van der Waals surface area (Å²) in [6.45, 7) is 3.80. The molecule has 0 saturated carbocycles. The van der Waals surface area contributed by atoms with Crippen LogP contribution in [0, 0.1) is 6.92 Å². The molecule has 0 aliphatic rings. The van der Waals surface area contributed by atoms with Crippen molar-refractivity contribution in [1.29, 1.82) is 0 Å². The molecule has 0 saturated heterocycles. The van der Waals surface area contributed by atoms with Crippen LogP contribution < -0.4 is 15.4 Å². The van der Waals surface area contributed by atoms with E-state index >= 15 is 0 Å². The van der Waals surface area contributed by atoms with Crippen molar-refractivity contribution in [3.8, 4) is 5.75 Å². The molecule has 4 heteroatoms. The Morgan fingerprint density at radius 1 is 1.44 bits per heavy atom. The fourth-order valence-corrected chi connectivity index (χ4v) is 1.45. The number of aryl methyl sites for hydroxylation is 1. The van der Waals surface area contributed by atoms with Gasteiger partial charge < -0.3 is 15.4 Å². The number of amides is 1. The Morgan fingerprint density at radius 2 is 2.12 bits per heavy atom. The highest BCUT2D eigenvalue weighted by Gasteiger charge is 2.12. The van der Waals surface area contributed by atoms with E-state index < -0.39 is 0 Å². The highest BCUT2D eigenvalue weighted by atomic mass is 16.5. The number of nitrogens with one attached hydrogen (secondary N) is 2. The SMILES string of the molecule is CNC(=O)[C@H](C)Nc1cc(C)ccc1OC. The summed E-state index contributed by atoms with van der Waals surface area (Å²) in [4.78, 5) is 11.4. The van der Waals surface area contributed by atoms with Crippen molar-refractivity contribution >= 4 is 11.6 Å². The van der Waals surface area contributed by atoms with Crippen molar-refractivity contribution < 1.29 is 9.53 Å². The molecule has 16 heavy (non-hydrogen) atoms. The second-order valence-corrected chi connectivity index (χ2v) is 3.68. The quantitative estimate of drug-likeness (QED) is 0.812. The van der Waals surface area contributed by atoms with Gasteiger partial charge in [0.2, 0.25) is 5.91 Å². The first-order chi connectivity index (χ1) is 7.58. The first-order valence-corrected chi connectivity index (χ1v) is 5.21. The van der Waals surface area contributed by atoms with Crippen molar-refractivity contribution in [3.63, 3.8) is 0 Å². The van der Waals surface area contributed by atoms with E-state index in [1.54, 1.807) is 21.1 Å². The first kappa shape index (κ1) is 12.4. The predicted molar refractivity (Wildman–Crippen MR) is 64.9 cm³/mol. The van der Waals surface area contributed by atoms with Crippen molar-refractivity contribution in [3.05, 3.63) is 23.8 Å². The van der Waals surface area contributed by atoms with Crippen LogP contribution >= 0.6 is 0 Å². The van der Waals surface area contributed by atoms with E-state index in [2.05, 4.69) is 10.6 Å². The zero-order valence-corrected chi connectivity index (χ0v) is 10.1. The Bertz CT molecular complexity index is 377. The summed E-state index contributed by atoms with van der Waals surface area (Å²) in [7, 11) is 3.23. The standard InChI is InChI=1S/C12H18N2O2/c1-8-5-6-11(16-4)10(7-8)14-9(2)12(15)13-3/h5-7,9,14H,1-4H3,(H,13,15)/t9-/m0/s1. The van der Waals surface area contributed by atoms with Crippen LogP contribution in [-0.2, 0) is 4.79 Å². The lowest BCUT2D eigenvalue weighted by Crippen LogP contribution is -2.35. The topological polar surface area (TPSA) is 50.4 Å². The number of carbonyl (C=O) groups excluding carboxylic acids is 1. The lowest BCUT2D eigenvalue weighted by molar-refractivity contribution is -0.121. The van der Waals surface area contributed by atoms with Crippen LogP contribution in [0.4, 0.5) is 5.69 Å². The Balaban J connectivity index is 2.86. The summed E-state index contributed by atoms with van der Waals surface area (Å²) in [5.41, 5.74) is 1.95. The Labute approximate surface area is 96.0 Å². The van der Waals surface area contributed by atoms with Gasteiger partial charge in [-0.3, -0.25) is 4.79 Å². The van der Waals surface area contributed by atoms with E-state index in [9.17, 15) is 4.79 Å². The third-order valence-corrected chi connectivity index (χ3v) is 2.37. The molecule has 88 valence electrons. The number of anilines is 1. The minimum Gasteiger partial charge on any atom is -0.495 e. The van der Waals surface area contributed by atoms with Crippen molar-refractivity contribution in [2.45, 2.75) is 19.9 Å². The minimum absolute atomic E-state index is 0.0523. The van der Waals surface area contributed by atoms with Gasteiger partial charge in [-0.05, 0) is 31.5 Å². The lowest BCUT2D eigenvalue weighted by Gasteiger charge is -2.16. The van der Waals surface area contributed by atoms with Crippen LogP contribution in [0.15, 0.2) is 18.2 Å². The maximum Gasteiger partial charge on any atom is 0.241 e. The fraction of sp³-hybridized carbons (Fsp3) is 0.417. The molecule has 1 rings (SSSR count). The number of hydrogen-bond acceptors (Lipinski definition) is 3. The molecule has 0 spiro atoms. The summed E-state index contributed by atoms with van der Waals surface area (Å²) in [6.07, 6.45) is 0. The fourth-order valence-electron chi connectivity index (χ4n) is 1.45. The zero-order valence-electron chi connectivity index (χ0n) is 10.1. The number of benzene rings is 1. The van der Waals surface area contributed by atoms with Gasteiger partial charge in [-0.25, -0.2) is 0 Å². The zero-order chi connectivity index (χ0) is 12.1. The van der Waals surface area contributed by atoms with Gasteiger partial charge in [-0.15, -0.1) is 0 Å². The second kappa shape index (κ2) is 5.39. The highest BCUT2D eigenvalue weighted by Crippen LogP contribution is 2.25.